The topological polar surface area (TPSA) is 97.8 Å². The van der Waals surface area contributed by atoms with Crippen LogP contribution in [-0.2, 0) is 4.74 Å². The van der Waals surface area contributed by atoms with Crippen LogP contribution in [0.15, 0.2) is 18.5 Å². The Morgan fingerprint density at radius 2 is 1.92 bits per heavy atom. The van der Waals surface area contributed by atoms with E-state index >= 15 is 0 Å². The number of hydrogen-bond donors (Lipinski definition) is 2. The van der Waals surface area contributed by atoms with Crippen molar-refractivity contribution in [1.29, 1.82) is 0 Å². The minimum Gasteiger partial charge on any atom is -0.492 e. The number of aromatic nitrogens is 1. The Labute approximate surface area is 147 Å². The van der Waals surface area contributed by atoms with Crippen molar-refractivity contribution in [1.82, 2.24) is 10.3 Å². The van der Waals surface area contributed by atoms with E-state index in [4.69, 9.17) is 14.6 Å². The summed E-state index contributed by atoms with van der Waals surface area (Å²) < 4.78 is 11.0. The summed E-state index contributed by atoms with van der Waals surface area (Å²) in [5, 5.41) is 11.9. The van der Waals surface area contributed by atoms with Gasteiger partial charge in [0.2, 0.25) is 0 Å². The first kappa shape index (κ1) is 19.0. The molecule has 0 unspecified atom stereocenters. The number of ether oxygens (including phenoxy) is 2. The van der Waals surface area contributed by atoms with E-state index in [-0.39, 0.29) is 17.7 Å². The molecule has 0 aliphatic heterocycles. The van der Waals surface area contributed by atoms with Crippen molar-refractivity contribution in [2.45, 2.75) is 58.1 Å². The zero-order valence-corrected chi connectivity index (χ0v) is 14.9. The van der Waals surface area contributed by atoms with Gasteiger partial charge in [-0.15, -0.1) is 0 Å². The second-order valence-corrected chi connectivity index (χ2v) is 7.39. The maximum atomic E-state index is 11.8. The van der Waals surface area contributed by atoms with Crippen molar-refractivity contribution in [2.24, 2.45) is 5.92 Å². The standard InChI is InChI=1S/C18H26N2O5/c1-18(2,3)25-17(23)20-14-6-4-12(5-7-14)11-24-15-8-13(16(21)22)9-19-10-15/h8-10,12,14H,4-7,11H2,1-3H3,(H,20,23)(H,21,22)/t12-,14-. The molecule has 7 nitrogen and oxygen atoms in total. The van der Waals surface area contributed by atoms with Crippen molar-refractivity contribution < 1.29 is 24.2 Å². The van der Waals surface area contributed by atoms with Crippen LogP contribution in [0.4, 0.5) is 4.79 Å². The fourth-order valence-electron chi connectivity index (χ4n) is 2.78. The number of alkyl carbamates (subject to hydrolysis) is 1. The van der Waals surface area contributed by atoms with E-state index in [1.54, 1.807) is 0 Å². The predicted molar refractivity (Wildman–Crippen MR) is 91.8 cm³/mol. The van der Waals surface area contributed by atoms with Crippen LogP contribution in [0, 0.1) is 5.92 Å². The number of carboxylic acid groups (broad SMARTS) is 1. The van der Waals surface area contributed by atoms with Gasteiger partial charge in [-0.1, -0.05) is 0 Å². The molecule has 7 heteroatoms. The first-order valence-corrected chi connectivity index (χ1v) is 8.53. The van der Waals surface area contributed by atoms with E-state index in [9.17, 15) is 9.59 Å². The highest BCUT2D eigenvalue weighted by molar-refractivity contribution is 5.87. The van der Waals surface area contributed by atoms with Gasteiger partial charge in [0.25, 0.3) is 0 Å². The average Bonchev–Trinajstić information content (AvgIpc) is 2.52. The number of nitrogens with zero attached hydrogens (tertiary/aromatic N) is 1. The number of pyridine rings is 1. The molecular formula is C18H26N2O5. The molecule has 2 rings (SSSR count). The highest BCUT2D eigenvalue weighted by Crippen LogP contribution is 2.25. The number of rotatable bonds is 5. The van der Waals surface area contributed by atoms with Gasteiger partial charge in [-0.2, -0.15) is 0 Å². The van der Waals surface area contributed by atoms with Crippen LogP contribution >= 0.6 is 0 Å². The molecule has 1 aromatic heterocycles. The van der Waals surface area contributed by atoms with Crippen LogP contribution in [-0.4, -0.2) is 40.4 Å². The van der Waals surface area contributed by atoms with E-state index in [1.807, 2.05) is 20.8 Å². The van der Waals surface area contributed by atoms with Gasteiger partial charge < -0.3 is 19.9 Å². The van der Waals surface area contributed by atoms with E-state index in [0.717, 1.165) is 25.7 Å². The van der Waals surface area contributed by atoms with Gasteiger partial charge in [-0.25, -0.2) is 9.59 Å². The zero-order valence-electron chi connectivity index (χ0n) is 14.9. The summed E-state index contributed by atoms with van der Waals surface area (Å²) in [6.45, 7) is 6.04. The monoisotopic (exact) mass is 350 g/mol. The Hall–Kier alpha value is -2.31. The molecule has 0 radical (unpaired) electrons. The Kier molecular flexibility index (Phi) is 6.22. The Bertz CT molecular complexity index is 604. The zero-order chi connectivity index (χ0) is 18.4. The normalized spacial score (nSPS) is 20.6. The van der Waals surface area contributed by atoms with E-state index in [0.29, 0.717) is 18.3 Å². The maximum Gasteiger partial charge on any atom is 0.407 e. The minimum atomic E-state index is -1.02. The molecule has 138 valence electrons. The maximum absolute atomic E-state index is 11.8. The van der Waals surface area contributed by atoms with Gasteiger partial charge in [-0.3, -0.25) is 4.98 Å². The first-order valence-electron chi connectivity index (χ1n) is 8.53. The van der Waals surface area contributed by atoms with Crippen LogP contribution in [0.25, 0.3) is 0 Å². The van der Waals surface area contributed by atoms with Crippen LogP contribution in [0.1, 0.15) is 56.8 Å². The molecule has 2 N–H and O–H groups in total. The first-order chi connectivity index (χ1) is 11.7. The highest BCUT2D eigenvalue weighted by Gasteiger charge is 2.25. The molecule has 1 aliphatic carbocycles. The van der Waals surface area contributed by atoms with Crippen molar-refractivity contribution in [3.63, 3.8) is 0 Å². The van der Waals surface area contributed by atoms with Gasteiger partial charge in [0, 0.05) is 12.2 Å². The third-order valence-electron chi connectivity index (χ3n) is 4.01. The summed E-state index contributed by atoms with van der Waals surface area (Å²) in [7, 11) is 0. The summed E-state index contributed by atoms with van der Waals surface area (Å²) in [5.41, 5.74) is -0.379. The fraction of sp³-hybridized carbons (Fsp3) is 0.611. The molecule has 0 bridgehead atoms. The summed E-state index contributed by atoms with van der Waals surface area (Å²) in [6, 6.07) is 1.61. The van der Waals surface area contributed by atoms with Crippen LogP contribution in [0.3, 0.4) is 0 Å². The van der Waals surface area contributed by atoms with Crippen LogP contribution in [0.5, 0.6) is 5.75 Å². The molecule has 0 spiro atoms. The molecule has 0 aromatic carbocycles. The van der Waals surface area contributed by atoms with Gasteiger partial charge >= 0.3 is 12.1 Å². The third kappa shape index (κ3) is 6.60. The number of amides is 1. The molecular weight excluding hydrogens is 324 g/mol. The van der Waals surface area contributed by atoms with Crippen molar-refractivity contribution in [3.05, 3.63) is 24.0 Å². The molecule has 0 atom stereocenters. The van der Waals surface area contributed by atoms with Crippen LogP contribution in [0.2, 0.25) is 0 Å². The van der Waals surface area contributed by atoms with Gasteiger partial charge in [-0.05, 0) is 58.4 Å². The third-order valence-corrected chi connectivity index (χ3v) is 4.01. The Morgan fingerprint density at radius 3 is 2.52 bits per heavy atom. The lowest BCUT2D eigenvalue weighted by Crippen LogP contribution is -2.41. The van der Waals surface area contributed by atoms with Crippen molar-refractivity contribution >= 4 is 12.1 Å². The number of carbonyl (C=O) groups is 2. The lowest BCUT2D eigenvalue weighted by molar-refractivity contribution is 0.0482. The highest BCUT2D eigenvalue weighted by atomic mass is 16.6. The second kappa shape index (κ2) is 8.18. The number of carbonyl (C=O) groups excluding carboxylic acids is 1. The molecule has 1 aromatic rings. The lowest BCUT2D eigenvalue weighted by Gasteiger charge is -2.30. The molecule has 1 heterocycles. The summed E-state index contributed by atoms with van der Waals surface area (Å²) in [5.74, 6) is -0.175. The van der Waals surface area contributed by atoms with Gasteiger partial charge in [0.15, 0.2) is 0 Å². The Morgan fingerprint density at radius 1 is 1.24 bits per heavy atom. The number of carboxylic acids is 1. The summed E-state index contributed by atoms with van der Waals surface area (Å²) >= 11 is 0. The molecule has 1 fully saturated rings. The smallest absolute Gasteiger partial charge is 0.407 e. The van der Waals surface area contributed by atoms with Crippen LogP contribution < -0.4 is 10.1 Å². The molecule has 0 saturated heterocycles. The quantitative estimate of drug-likeness (QED) is 0.846. The summed E-state index contributed by atoms with van der Waals surface area (Å²) in [6.07, 6.45) is 6.06. The molecule has 1 amide bonds. The second-order valence-electron chi connectivity index (χ2n) is 7.39. The largest absolute Gasteiger partial charge is 0.492 e. The van der Waals surface area contributed by atoms with Crippen molar-refractivity contribution in [3.8, 4) is 5.75 Å². The minimum absolute atomic E-state index is 0.114. The predicted octanol–water partition coefficient (Wildman–Crippen LogP) is 3.24. The van der Waals surface area contributed by atoms with E-state index in [2.05, 4.69) is 10.3 Å². The van der Waals surface area contributed by atoms with E-state index in [1.165, 1.54) is 18.5 Å². The van der Waals surface area contributed by atoms with Gasteiger partial charge in [0.05, 0.1) is 18.4 Å². The number of nitrogens with one attached hydrogen (secondary N) is 1. The Balaban J connectivity index is 1.73. The molecule has 1 aliphatic rings. The lowest BCUT2D eigenvalue weighted by atomic mass is 9.86. The van der Waals surface area contributed by atoms with Gasteiger partial charge in [0.1, 0.15) is 11.4 Å². The summed E-state index contributed by atoms with van der Waals surface area (Å²) in [4.78, 5) is 26.6. The average molecular weight is 350 g/mol. The number of hydrogen-bond acceptors (Lipinski definition) is 5. The van der Waals surface area contributed by atoms with Crippen molar-refractivity contribution in [2.75, 3.05) is 6.61 Å². The SMILES string of the molecule is CC(C)(C)OC(=O)N[C@H]1CC[C@H](COc2cncc(C(=O)O)c2)CC1. The van der Waals surface area contributed by atoms with E-state index < -0.39 is 11.6 Å². The molecule has 25 heavy (non-hydrogen) atoms. The number of aromatic carboxylic acids is 1. The fourth-order valence-corrected chi connectivity index (χ4v) is 2.78. The molecule has 1 saturated carbocycles.